The van der Waals surface area contributed by atoms with E-state index >= 15 is 0 Å². The summed E-state index contributed by atoms with van der Waals surface area (Å²) >= 11 is 5.41. The van der Waals surface area contributed by atoms with Crippen LogP contribution in [0.2, 0.25) is 0 Å². The van der Waals surface area contributed by atoms with Gasteiger partial charge >= 0.3 is 5.97 Å². The van der Waals surface area contributed by atoms with Gasteiger partial charge in [-0.25, -0.2) is 0 Å². The molecular formula is C27H25N5O2S. The third-order valence-corrected chi connectivity index (χ3v) is 5.40. The Morgan fingerprint density at radius 3 is 2.46 bits per heavy atom. The number of nitrogens with one attached hydrogen (secondary N) is 2. The number of nitrogens with two attached hydrogens (primary N) is 1. The number of carbonyl (C=O) groups excluding carboxylic acids is 1. The molecule has 1 heterocycles. The first kappa shape index (κ1) is 24.0. The van der Waals surface area contributed by atoms with Crippen molar-refractivity contribution in [1.29, 1.82) is 0 Å². The molecule has 0 fully saturated rings. The number of aromatic nitrogens is 2. The molecule has 4 rings (SSSR count). The van der Waals surface area contributed by atoms with Crippen LogP contribution in [0.1, 0.15) is 23.6 Å². The van der Waals surface area contributed by atoms with E-state index in [0.717, 1.165) is 22.4 Å². The SMILES string of the molecule is Cc1cccc(C(N)CC(=O)Oc2ccccc2NC(=S)Nc2ccc(-c3ccccc3)nn2)c1. The summed E-state index contributed by atoms with van der Waals surface area (Å²) in [6.07, 6.45) is 0.0455. The maximum absolute atomic E-state index is 12.6. The molecule has 0 saturated heterocycles. The second-order valence-corrected chi connectivity index (χ2v) is 8.35. The number of ether oxygens (including phenoxy) is 1. The van der Waals surface area contributed by atoms with Crippen LogP contribution in [0.5, 0.6) is 5.75 Å². The van der Waals surface area contributed by atoms with E-state index in [1.165, 1.54) is 0 Å². The Hall–Kier alpha value is -4.14. The summed E-state index contributed by atoms with van der Waals surface area (Å²) in [5.74, 6) is 0.402. The molecule has 0 bridgehead atoms. The summed E-state index contributed by atoms with van der Waals surface area (Å²) in [4.78, 5) is 12.6. The van der Waals surface area contributed by atoms with Crippen LogP contribution in [-0.4, -0.2) is 21.3 Å². The van der Waals surface area contributed by atoms with E-state index in [1.54, 1.807) is 24.3 Å². The summed E-state index contributed by atoms with van der Waals surface area (Å²) in [6, 6.07) is 27.8. The molecule has 0 amide bonds. The third kappa shape index (κ3) is 6.69. The summed E-state index contributed by atoms with van der Waals surface area (Å²) in [5.41, 5.74) is 10.5. The Balaban J connectivity index is 1.36. The molecule has 4 aromatic rings. The fraction of sp³-hybridized carbons (Fsp3) is 0.111. The Morgan fingerprint density at radius 1 is 0.943 bits per heavy atom. The van der Waals surface area contributed by atoms with Crippen LogP contribution in [-0.2, 0) is 4.79 Å². The second kappa shape index (κ2) is 11.3. The van der Waals surface area contributed by atoms with Crippen molar-refractivity contribution in [2.24, 2.45) is 5.73 Å². The summed E-state index contributed by atoms with van der Waals surface area (Å²) in [5, 5.41) is 14.8. The Kier molecular flexibility index (Phi) is 7.77. The van der Waals surface area contributed by atoms with Gasteiger partial charge in [-0.1, -0.05) is 72.3 Å². The number of anilines is 2. The second-order valence-electron chi connectivity index (χ2n) is 7.94. The van der Waals surface area contributed by atoms with Gasteiger partial charge in [0.2, 0.25) is 0 Å². The molecule has 3 aromatic carbocycles. The van der Waals surface area contributed by atoms with E-state index < -0.39 is 12.0 Å². The topological polar surface area (TPSA) is 102 Å². The van der Waals surface area contributed by atoms with Gasteiger partial charge in [0, 0.05) is 11.6 Å². The van der Waals surface area contributed by atoms with Crippen LogP contribution in [0.15, 0.2) is 91.0 Å². The minimum absolute atomic E-state index is 0.0455. The highest BCUT2D eigenvalue weighted by molar-refractivity contribution is 7.80. The van der Waals surface area contributed by atoms with Gasteiger partial charge in [-0.05, 0) is 49.0 Å². The third-order valence-electron chi connectivity index (χ3n) is 5.19. The van der Waals surface area contributed by atoms with Crippen LogP contribution in [0.25, 0.3) is 11.3 Å². The highest BCUT2D eigenvalue weighted by Gasteiger charge is 2.16. The van der Waals surface area contributed by atoms with E-state index in [9.17, 15) is 4.79 Å². The van der Waals surface area contributed by atoms with Gasteiger partial charge in [-0.3, -0.25) is 4.79 Å². The molecule has 0 aliphatic rings. The fourth-order valence-corrected chi connectivity index (χ4v) is 3.67. The van der Waals surface area contributed by atoms with Crippen molar-refractivity contribution in [2.75, 3.05) is 10.6 Å². The van der Waals surface area contributed by atoms with Crippen molar-refractivity contribution in [3.8, 4) is 17.0 Å². The predicted molar refractivity (Wildman–Crippen MR) is 142 cm³/mol. The number of carbonyl (C=O) groups is 1. The largest absolute Gasteiger partial charge is 0.424 e. The molecule has 35 heavy (non-hydrogen) atoms. The van der Waals surface area contributed by atoms with Gasteiger partial charge in [0.1, 0.15) is 0 Å². The van der Waals surface area contributed by atoms with Gasteiger partial charge in [-0.15, -0.1) is 10.2 Å². The van der Waals surface area contributed by atoms with Crippen LogP contribution in [0, 0.1) is 6.92 Å². The highest BCUT2D eigenvalue weighted by atomic mass is 32.1. The van der Waals surface area contributed by atoms with Crippen molar-refractivity contribution < 1.29 is 9.53 Å². The van der Waals surface area contributed by atoms with Crippen LogP contribution in [0.3, 0.4) is 0 Å². The van der Waals surface area contributed by atoms with Crippen LogP contribution in [0.4, 0.5) is 11.5 Å². The summed E-state index contributed by atoms with van der Waals surface area (Å²) in [6.45, 7) is 1.98. The molecule has 0 radical (unpaired) electrons. The number of benzene rings is 3. The molecule has 1 aromatic heterocycles. The zero-order valence-corrected chi connectivity index (χ0v) is 20.0. The van der Waals surface area contributed by atoms with Gasteiger partial charge in [0.05, 0.1) is 17.8 Å². The van der Waals surface area contributed by atoms with Crippen LogP contribution < -0.4 is 21.1 Å². The van der Waals surface area contributed by atoms with E-state index in [0.29, 0.717) is 17.3 Å². The number of rotatable bonds is 7. The lowest BCUT2D eigenvalue weighted by Gasteiger charge is -2.15. The molecule has 1 atom stereocenters. The van der Waals surface area contributed by atoms with E-state index in [1.807, 2.05) is 73.7 Å². The van der Waals surface area contributed by atoms with Crippen molar-refractivity contribution in [1.82, 2.24) is 10.2 Å². The van der Waals surface area contributed by atoms with Crippen molar-refractivity contribution >= 4 is 34.8 Å². The van der Waals surface area contributed by atoms with Gasteiger partial charge in [-0.2, -0.15) is 0 Å². The molecule has 1 unspecified atom stereocenters. The van der Waals surface area contributed by atoms with Gasteiger partial charge < -0.3 is 21.1 Å². The maximum atomic E-state index is 12.6. The standard InChI is InChI=1S/C27H25N5O2S/c1-18-8-7-11-20(16-18)21(28)17-26(33)34-24-13-6-5-12-23(24)29-27(35)30-25-15-14-22(31-32-25)19-9-3-2-4-10-19/h2-16,21H,17,28H2,1H3,(H2,29,30,32,35). The smallest absolute Gasteiger partial charge is 0.313 e. The minimum Gasteiger partial charge on any atom is -0.424 e. The first-order valence-corrected chi connectivity index (χ1v) is 11.5. The predicted octanol–water partition coefficient (Wildman–Crippen LogP) is 5.26. The lowest BCUT2D eigenvalue weighted by molar-refractivity contribution is -0.134. The Bertz CT molecular complexity index is 1310. The lowest BCUT2D eigenvalue weighted by Crippen LogP contribution is -2.22. The summed E-state index contributed by atoms with van der Waals surface area (Å²) in [7, 11) is 0. The monoisotopic (exact) mass is 483 g/mol. The number of thiocarbonyl (C=S) groups is 1. The van der Waals surface area contributed by atoms with Crippen molar-refractivity contribution in [3.05, 3.63) is 102 Å². The zero-order chi connectivity index (χ0) is 24.6. The number of hydrogen-bond acceptors (Lipinski definition) is 6. The molecule has 0 aliphatic heterocycles. The number of esters is 1. The number of aryl methyl sites for hydroxylation is 1. The number of nitrogens with zero attached hydrogens (tertiary/aromatic N) is 2. The zero-order valence-electron chi connectivity index (χ0n) is 19.1. The van der Waals surface area contributed by atoms with E-state index in [4.69, 9.17) is 22.7 Å². The molecule has 0 spiro atoms. The van der Waals surface area contributed by atoms with Crippen LogP contribution >= 0.6 is 12.2 Å². The average Bonchev–Trinajstić information content (AvgIpc) is 2.86. The van der Waals surface area contributed by atoms with E-state index in [2.05, 4.69) is 20.8 Å². The van der Waals surface area contributed by atoms with Gasteiger partial charge in [0.15, 0.2) is 16.7 Å². The fourth-order valence-electron chi connectivity index (χ4n) is 3.45. The van der Waals surface area contributed by atoms with Crippen molar-refractivity contribution in [3.63, 3.8) is 0 Å². The molecule has 0 aliphatic carbocycles. The average molecular weight is 484 g/mol. The first-order valence-electron chi connectivity index (χ1n) is 11.1. The quantitative estimate of drug-likeness (QED) is 0.186. The summed E-state index contributed by atoms with van der Waals surface area (Å²) < 4.78 is 5.59. The molecule has 4 N–H and O–H groups in total. The minimum atomic E-state index is -0.456. The Morgan fingerprint density at radius 2 is 1.71 bits per heavy atom. The molecule has 176 valence electrons. The Labute approximate surface area is 209 Å². The number of para-hydroxylation sites is 2. The molecule has 7 nitrogen and oxygen atoms in total. The normalized spacial score (nSPS) is 11.4. The maximum Gasteiger partial charge on any atom is 0.313 e. The first-order chi connectivity index (χ1) is 17.0. The molecule has 8 heteroatoms. The van der Waals surface area contributed by atoms with Crippen molar-refractivity contribution in [2.45, 2.75) is 19.4 Å². The molecule has 0 saturated carbocycles. The lowest BCUT2D eigenvalue weighted by atomic mass is 10.0. The number of hydrogen-bond donors (Lipinski definition) is 3. The van der Waals surface area contributed by atoms with E-state index in [-0.39, 0.29) is 11.5 Å². The highest BCUT2D eigenvalue weighted by Crippen LogP contribution is 2.26. The molecular weight excluding hydrogens is 458 g/mol. The van der Waals surface area contributed by atoms with Gasteiger partial charge in [0.25, 0.3) is 0 Å².